The van der Waals surface area contributed by atoms with Gasteiger partial charge in [-0.15, -0.1) is 0 Å². The third-order valence-electron chi connectivity index (χ3n) is 4.64. The summed E-state index contributed by atoms with van der Waals surface area (Å²) in [5, 5.41) is 19.1. The minimum atomic E-state index is -4.14. The van der Waals surface area contributed by atoms with Gasteiger partial charge in [0.2, 0.25) is 0 Å². The highest BCUT2D eigenvalue weighted by Gasteiger charge is 2.42. The van der Waals surface area contributed by atoms with E-state index in [0.717, 1.165) is 11.3 Å². The lowest BCUT2D eigenvalue weighted by Gasteiger charge is -2.31. The van der Waals surface area contributed by atoms with Crippen LogP contribution in [0.4, 0.5) is 13.2 Å². The maximum atomic E-state index is 12.8. The molecule has 0 saturated heterocycles. The molecule has 1 saturated carbocycles. The molecule has 1 heterocycles. The molecule has 0 atom stereocenters. The van der Waals surface area contributed by atoms with E-state index in [1.807, 2.05) is 26.8 Å². The Labute approximate surface area is 135 Å². The van der Waals surface area contributed by atoms with Crippen LogP contribution in [0.25, 0.3) is 0 Å². The topological polar surface area (TPSA) is 53.4 Å². The van der Waals surface area contributed by atoms with Crippen LogP contribution in [0, 0.1) is 5.92 Å². The van der Waals surface area contributed by atoms with E-state index in [2.05, 4.69) is 4.98 Å². The van der Waals surface area contributed by atoms with Crippen LogP contribution in [0.3, 0.4) is 0 Å². The molecular weight excluding hydrogens is 306 g/mol. The van der Waals surface area contributed by atoms with Crippen LogP contribution in [-0.4, -0.2) is 28.3 Å². The van der Waals surface area contributed by atoms with Crippen molar-refractivity contribution in [2.75, 3.05) is 0 Å². The predicted molar refractivity (Wildman–Crippen MR) is 83.5 cm³/mol. The van der Waals surface area contributed by atoms with Crippen LogP contribution in [0.15, 0.2) is 12.3 Å². The van der Waals surface area contributed by atoms with Crippen molar-refractivity contribution in [3.05, 3.63) is 23.5 Å². The molecule has 1 fully saturated rings. The SMILES string of the molecule is CC(C)(C)c1cc(C2CCC(C(F)(F)F)CC2)c(B(O)O)cn1. The van der Waals surface area contributed by atoms with Gasteiger partial charge in [-0.2, -0.15) is 13.2 Å². The van der Waals surface area contributed by atoms with Crippen molar-refractivity contribution in [1.82, 2.24) is 4.98 Å². The molecule has 0 radical (unpaired) electrons. The minimum Gasteiger partial charge on any atom is -0.423 e. The molecule has 3 nitrogen and oxygen atoms in total. The number of halogens is 3. The van der Waals surface area contributed by atoms with Gasteiger partial charge in [-0.05, 0) is 43.2 Å². The van der Waals surface area contributed by atoms with Gasteiger partial charge < -0.3 is 10.0 Å². The molecule has 0 spiro atoms. The molecule has 0 amide bonds. The van der Waals surface area contributed by atoms with Crippen molar-refractivity contribution >= 4 is 12.6 Å². The Bertz CT molecular complexity index is 547. The number of hydrogen-bond donors (Lipinski definition) is 2. The van der Waals surface area contributed by atoms with E-state index in [1.54, 1.807) is 0 Å². The number of rotatable bonds is 2. The van der Waals surface area contributed by atoms with Crippen molar-refractivity contribution < 1.29 is 23.2 Å². The van der Waals surface area contributed by atoms with E-state index in [0.29, 0.717) is 18.3 Å². The second-order valence-electron chi connectivity index (χ2n) is 7.41. The maximum absolute atomic E-state index is 12.8. The van der Waals surface area contributed by atoms with Crippen LogP contribution in [0.1, 0.15) is 63.6 Å². The van der Waals surface area contributed by atoms with E-state index in [4.69, 9.17) is 0 Å². The van der Waals surface area contributed by atoms with Gasteiger partial charge in [-0.1, -0.05) is 20.8 Å². The third-order valence-corrected chi connectivity index (χ3v) is 4.64. The van der Waals surface area contributed by atoms with Crippen LogP contribution in [0.2, 0.25) is 0 Å². The third kappa shape index (κ3) is 4.26. The molecule has 1 aliphatic carbocycles. The zero-order valence-corrected chi connectivity index (χ0v) is 13.7. The second-order valence-corrected chi connectivity index (χ2v) is 7.41. The normalized spacial score (nSPS) is 23.0. The fourth-order valence-electron chi connectivity index (χ4n) is 3.19. The van der Waals surface area contributed by atoms with Gasteiger partial charge in [0.15, 0.2) is 0 Å². The average Bonchev–Trinajstić information content (AvgIpc) is 2.45. The first-order valence-electron chi connectivity index (χ1n) is 7.93. The predicted octanol–water partition coefficient (Wildman–Crippen LogP) is 2.90. The summed E-state index contributed by atoms with van der Waals surface area (Å²) in [5.74, 6) is -1.33. The zero-order chi connectivity index (χ0) is 17.4. The van der Waals surface area contributed by atoms with E-state index >= 15 is 0 Å². The number of hydrogen-bond acceptors (Lipinski definition) is 3. The summed E-state index contributed by atoms with van der Waals surface area (Å²) >= 11 is 0. The molecule has 23 heavy (non-hydrogen) atoms. The summed E-state index contributed by atoms with van der Waals surface area (Å²) in [6.07, 6.45) is -1.73. The fraction of sp³-hybridized carbons (Fsp3) is 0.688. The molecule has 1 aliphatic rings. The molecule has 1 aromatic heterocycles. The van der Waals surface area contributed by atoms with Gasteiger partial charge in [0.05, 0.1) is 5.92 Å². The summed E-state index contributed by atoms with van der Waals surface area (Å²) in [5.41, 5.74) is 1.61. The molecule has 2 rings (SSSR count). The minimum absolute atomic E-state index is 0.0856. The molecule has 1 aromatic rings. The number of alkyl halides is 3. The highest BCUT2D eigenvalue weighted by molar-refractivity contribution is 6.59. The van der Waals surface area contributed by atoms with Gasteiger partial charge in [-0.3, -0.25) is 4.98 Å². The van der Waals surface area contributed by atoms with Crippen molar-refractivity contribution in [3.63, 3.8) is 0 Å². The van der Waals surface area contributed by atoms with Crippen LogP contribution in [-0.2, 0) is 5.41 Å². The lowest BCUT2D eigenvalue weighted by Crippen LogP contribution is -2.37. The van der Waals surface area contributed by atoms with Crippen molar-refractivity contribution in [2.45, 2.75) is 64.0 Å². The standard InChI is InChI=1S/C16H23BF3NO2/c1-15(2,3)14-8-12(13(9-21-14)17(22)23)10-4-6-11(7-5-10)16(18,19)20/h8-11,22-23H,4-7H2,1-3H3. The van der Waals surface area contributed by atoms with Crippen LogP contribution >= 0.6 is 0 Å². The summed E-state index contributed by atoms with van der Waals surface area (Å²) in [7, 11) is -1.66. The quantitative estimate of drug-likeness (QED) is 0.821. The Kier molecular flexibility index (Phi) is 5.11. The van der Waals surface area contributed by atoms with Crippen LogP contribution < -0.4 is 5.46 Å². The molecule has 2 N–H and O–H groups in total. The number of nitrogens with zero attached hydrogens (tertiary/aromatic N) is 1. The van der Waals surface area contributed by atoms with Gasteiger partial charge in [0, 0.05) is 22.8 Å². The van der Waals surface area contributed by atoms with E-state index < -0.39 is 19.2 Å². The highest BCUT2D eigenvalue weighted by atomic mass is 19.4. The Morgan fingerprint density at radius 1 is 1.09 bits per heavy atom. The molecular formula is C16H23BF3NO2. The summed E-state index contributed by atoms with van der Waals surface area (Å²) in [6.45, 7) is 5.98. The van der Waals surface area contributed by atoms with Crippen molar-refractivity contribution in [1.29, 1.82) is 0 Å². The average molecular weight is 329 g/mol. The summed E-state index contributed by atoms with van der Waals surface area (Å²) in [4.78, 5) is 4.28. The molecule has 0 aliphatic heterocycles. The molecule has 0 aromatic carbocycles. The summed E-state index contributed by atoms with van der Waals surface area (Å²) in [6, 6.07) is 1.83. The van der Waals surface area contributed by atoms with Crippen molar-refractivity contribution in [3.8, 4) is 0 Å². The lowest BCUT2D eigenvalue weighted by molar-refractivity contribution is -0.182. The largest absolute Gasteiger partial charge is 0.490 e. The van der Waals surface area contributed by atoms with Crippen molar-refractivity contribution in [2.24, 2.45) is 5.92 Å². The number of pyridine rings is 1. The maximum Gasteiger partial charge on any atom is 0.490 e. The highest BCUT2D eigenvalue weighted by Crippen LogP contribution is 2.42. The Balaban J connectivity index is 2.28. The van der Waals surface area contributed by atoms with Gasteiger partial charge in [0.1, 0.15) is 0 Å². The monoisotopic (exact) mass is 329 g/mol. The van der Waals surface area contributed by atoms with E-state index in [-0.39, 0.29) is 24.2 Å². The molecule has 0 unspecified atom stereocenters. The fourth-order valence-corrected chi connectivity index (χ4v) is 3.19. The Morgan fingerprint density at radius 3 is 2.09 bits per heavy atom. The van der Waals surface area contributed by atoms with Gasteiger partial charge in [-0.25, -0.2) is 0 Å². The first-order chi connectivity index (χ1) is 10.5. The van der Waals surface area contributed by atoms with E-state index in [9.17, 15) is 23.2 Å². The first-order valence-corrected chi connectivity index (χ1v) is 7.93. The first kappa shape index (κ1) is 18.3. The smallest absolute Gasteiger partial charge is 0.423 e. The van der Waals surface area contributed by atoms with Gasteiger partial charge >= 0.3 is 13.3 Å². The van der Waals surface area contributed by atoms with Gasteiger partial charge in [0.25, 0.3) is 0 Å². The molecule has 128 valence electrons. The molecule has 0 bridgehead atoms. The van der Waals surface area contributed by atoms with E-state index in [1.165, 1.54) is 6.20 Å². The van der Waals surface area contributed by atoms with Crippen LogP contribution in [0.5, 0.6) is 0 Å². The Morgan fingerprint density at radius 2 is 1.65 bits per heavy atom. The summed E-state index contributed by atoms with van der Waals surface area (Å²) < 4.78 is 38.4. The number of aromatic nitrogens is 1. The molecule has 7 heteroatoms. The zero-order valence-electron chi connectivity index (χ0n) is 13.7. The lowest BCUT2D eigenvalue weighted by atomic mass is 9.69. The second kappa shape index (κ2) is 6.44. The Hall–Kier alpha value is -1.08.